The van der Waals surface area contributed by atoms with Gasteiger partial charge in [0.1, 0.15) is 0 Å². The molecule has 0 amide bonds. The second-order valence-corrected chi connectivity index (χ2v) is 1.68. The summed E-state index contributed by atoms with van der Waals surface area (Å²) in [6, 6.07) is 0. The van der Waals surface area contributed by atoms with Crippen molar-refractivity contribution in [3.63, 3.8) is 0 Å². The van der Waals surface area contributed by atoms with Gasteiger partial charge in [0.2, 0.25) is 0 Å². The molecular weight excluding hydrogens is 266 g/mol. The minimum atomic E-state index is -0.520. The van der Waals surface area contributed by atoms with Crippen LogP contribution in [-0.2, 0) is 6.45 Å². The summed E-state index contributed by atoms with van der Waals surface area (Å²) >= 11 is -0.520. The topological polar surface area (TPSA) is 25.1 Å². The van der Waals surface area contributed by atoms with Crippen LogP contribution < -0.4 is 0 Å². The van der Waals surface area contributed by atoms with E-state index in [2.05, 4.69) is 6.45 Å². The first-order chi connectivity index (χ1) is 1.50. The molecular formula is H3InO2Sn. The van der Waals surface area contributed by atoms with Gasteiger partial charge in [-0.1, -0.05) is 0 Å². The van der Waals surface area contributed by atoms with Crippen LogP contribution in [0.3, 0.4) is 0 Å². The minimum absolute atomic E-state index is 0. The van der Waals surface area contributed by atoms with Crippen LogP contribution in [-0.4, -0.2) is 47.8 Å². The normalized spacial score (nSPS) is 18.0. The maximum atomic E-state index is 4.17. The van der Waals surface area contributed by atoms with E-state index in [9.17, 15) is 0 Å². The summed E-state index contributed by atoms with van der Waals surface area (Å²) < 4.78 is 8.34. The fourth-order valence-corrected chi connectivity index (χ4v) is 0. The molecule has 0 saturated carbocycles. The number of hydrogen-bond acceptors (Lipinski definition) is 2. The first kappa shape index (κ1) is 5.59. The molecule has 0 aromatic heterocycles. The Morgan fingerprint density at radius 1 is 1.25 bits per heavy atom. The predicted molar refractivity (Wildman–Crippen MR) is 17.9 cm³/mol. The van der Waals surface area contributed by atoms with Crippen LogP contribution in [0.15, 0.2) is 0 Å². The molecule has 0 aromatic rings. The summed E-state index contributed by atoms with van der Waals surface area (Å²) in [5.74, 6) is 0. The van der Waals surface area contributed by atoms with Gasteiger partial charge in [0, 0.05) is 0 Å². The zero-order valence-corrected chi connectivity index (χ0v) is 4.17. The van der Waals surface area contributed by atoms with E-state index in [1.54, 1.807) is 0 Å². The third-order valence-electron chi connectivity index (χ3n) is 0.0833. The Morgan fingerprint density at radius 2 is 1.50 bits per heavy atom. The Balaban J connectivity index is 0.0000000900. The molecule has 1 fully saturated rings. The van der Waals surface area contributed by atoms with Crippen molar-refractivity contribution >= 4 is 47.8 Å². The van der Waals surface area contributed by atoms with E-state index in [4.69, 9.17) is 0 Å². The Kier molecular flexibility index (Phi) is 3.92. The molecule has 0 atom stereocenters. The first-order valence-corrected chi connectivity index (χ1v) is 2.91. The van der Waals surface area contributed by atoms with Crippen LogP contribution in [0.4, 0.5) is 0 Å². The van der Waals surface area contributed by atoms with Crippen LogP contribution in [0, 0.1) is 0 Å². The third-order valence-corrected chi connectivity index (χ3v) is 0.559. The molecule has 0 aliphatic carbocycles. The van der Waals surface area contributed by atoms with Crippen LogP contribution in [0.2, 0.25) is 0 Å². The molecule has 1 heterocycles. The second-order valence-electron chi connectivity index (χ2n) is 0.250. The molecule has 4 heteroatoms. The molecule has 2 nitrogen and oxygen atoms in total. The Morgan fingerprint density at radius 3 is 1.50 bits per heavy atom. The van der Waals surface area contributed by atoms with Gasteiger partial charge in [-0.05, 0) is 0 Å². The van der Waals surface area contributed by atoms with Gasteiger partial charge < -0.3 is 0 Å². The molecule has 0 N–H and O–H groups in total. The fourth-order valence-electron chi connectivity index (χ4n) is 0. The van der Waals surface area contributed by atoms with E-state index in [-0.39, 0.29) is 25.8 Å². The van der Waals surface area contributed by atoms with Crippen LogP contribution in [0.5, 0.6) is 0 Å². The first-order valence-electron chi connectivity index (χ1n) is 0.575. The number of rotatable bonds is 0. The summed E-state index contributed by atoms with van der Waals surface area (Å²) in [6.07, 6.45) is 0. The van der Waals surface area contributed by atoms with Crippen molar-refractivity contribution in [1.82, 2.24) is 0 Å². The van der Waals surface area contributed by atoms with E-state index >= 15 is 0 Å². The van der Waals surface area contributed by atoms with Crippen molar-refractivity contribution in [2.75, 3.05) is 0 Å². The van der Waals surface area contributed by atoms with Crippen LogP contribution in [0.1, 0.15) is 0 Å². The summed E-state index contributed by atoms with van der Waals surface area (Å²) in [5, 5.41) is 0. The Bertz CT molecular complexity index is 10.8. The molecule has 4 heavy (non-hydrogen) atoms. The molecule has 0 bridgehead atoms. The van der Waals surface area contributed by atoms with Gasteiger partial charge in [0.25, 0.3) is 0 Å². The standard InChI is InChI=1S/In.O2.Sn.3H/c;1-2;;;;/q;-2;+2;;;. The van der Waals surface area contributed by atoms with Crippen molar-refractivity contribution in [3.8, 4) is 0 Å². The summed E-state index contributed by atoms with van der Waals surface area (Å²) in [4.78, 5) is 0. The quantitative estimate of drug-likeness (QED) is 0.297. The van der Waals surface area contributed by atoms with Gasteiger partial charge in [0.05, 0.1) is 0 Å². The second kappa shape index (κ2) is 2.81. The monoisotopic (exact) mass is 270 g/mol. The van der Waals surface area contributed by atoms with E-state index in [1.165, 1.54) is 0 Å². The Hall–Kier alpha value is 1.59. The van der Waals surface area contributed by atoms with Gasteiger partial charge in [0.15, 0.2) is 0 Å². The van der Waals surface area contributed by atoms with E-state index in [0.29, 0.717) is 0 Å². The van der Waals surface area contributed by atoms with Gasteiger partial charge in [-0.25, -0.2) is 0 Å². The summed E-state index contributed by atoms with van der Waals surface area (Å²) in [7, 11) is 0. The average Bonchev–Trinajstić information content (AvgIpc) is 1.46. The van der Waals surface area contributed by atoms with Crippen molar-refractivity contribution in [1.29, 1.82) is 0 Å². The van der Waals surface area contributed by atoms with E-state index in [0.717, 1.165) is 0 Å². The summed E-state index contributed by atoms with van der Waals surface area (Å²) in [6.45, 7) is 0. The van der Waals surface area contributed by atoms with Crippen LogP contribution in [0.25, 0.3) is 0 Å². The van der Waals surface area contributed by atoms with Gasteiger partial charge in [-0.2, -0.15) is 0 Å². The molecule has 1 aliphatic rings. The van der Waals surface area contributed by atoms with Crippen molar-refractivity contribution in [3.05, 3.63) is 0 Å². The van der Waals surface area contributed by atoms with E-state index < -0.39 is 22.0 Å². The molecule has 2 radical (unpaired) electrons. The molecule has 0 unspecified atom stereocenters. The van der Waals surface area contributed by atoms with Crippen molar-refractivity contribution in [2.45, 2.75) is 0 Å². The molecule has 22 valence electrons. The molecule has 0 aromatic carbocycles. The number of hydrogen-bond donors (Lipinski definition) is 0. The molecule has 1 saturated heterocycles. The van der Waals surface area contributed by atoms with Crippen molar-refractivity contribution < 1.29 is 6.45 Å². The maximum absolute atomic E-state index is 4.17. The molecule has 0 spiro atoms. The van der Waals surface area contributed by atoms with E-state index in [1.807, 2.05) is 0 Å². The van der Waals surface area contributed by atoms with Crippen LogP contribution >= 0.6 is 0 Å². The summed E-state index contributed by atoms with van der Waals surface area (Å²) in [5.41, 5.74) is 0. The molecule has 1 rings (SSSR count). The zero-order valence-electron chi connectivity index (χ0n) is 1.32. The predicted octanol–water partition coefficient (Wildman–Crippen LogP) is -1.70. The fraction of sp³-hybridized carbons (Fsp3) is 0. The zero-order chi connectivity index (χ0) is 2.12. The molecule has 1 aliphatic heterocycles. The van der Waals surface area contributed by atoms with Gasteiger partial charge in [-0.15, -0.1) is 0 Å². The third kappa shape index (κ3) is 3.59. The van der Waals surface area contributed by atoms with Crippen molar-refractivity contribution in [2.24, 2.45) is 0 Å². The van der Waals surface area contributed by atoms with Gasteiger partial charge >= 0.3 is 54.3 Å². The van der Waals surface area contributed by atoms with Gasteiger partial charge in [-0.3, -0.25) is 0 Å². The Labute approximate surface area is 53.9 Å². The SMILES string of the molecule is [InH3].[O]1[O][Sn]1. The average molecular weight is 269 g/mol.